The summed E-state index contributed by atoms with van der Waals surface area (Å²) in [7, 11) is 0. The molecule has 0 aliphatic carbocycles. The Hall–Kier alpha value is -5.47. The number of rotatable bonds is 4. The molecule has 0 saturated heterocycles. The average molecular weight is 1150 g/mol. The second-order valence-electron chi connectivity index (χ2n) is 27.0. The van der Waals surface area contributed by atoms with Gasteiger partial charge in [-0.15, -0.1) is 17.1 Å². The van der Waals surface area contributed by atoms with Crippen LogP contribution in [0.2, 0.25) is 0 Å². The Morgan fingerprint density at radius 3 is 1.25 bits per heavy atom. The van der Waals surface area contributed by atoms with E-state index in [2.05, 4.69) is 267 Å². The van der Waals surface area contributed by atoms with Gasteiger partial charge in [0.2, 0.25) is 0 Å². The van der Waals surface area contributed by atoms with Gasteiger partial charge in [0.1, 0.15) is 0 Å². The third-order valence-electron chi connectivity index (χ3n) is 14.7. The van der Waals surface area contributed by atoms with Gasteiger partial charge >= 0.3 is 17.1 Å². The van der Waals surface area contributed by atoms with Crippen molar-refractivity contribution in [1.82, 2.24) is 9.97 Å². The second-order valence-corrected chi connectivity index (χ2v) is 28.2. The summed E-state index contributed by atoms with van der Waals surface area (Å²) >= 11 is 2.37. The molecule has 9 rings (SSSR count). The number of benzene rings is 4. The molecule has 7 heteroatoms. The number of nitrogens with one attached hydrogen (secondary N) is 1. The maximum Gasteiger partial charge on any atom is 2.00 e. The molecular formula is C68H75CuIN4O. The van der Waals surface area contributed by atoms with Crippen LogP contribution in [0.4, 0.5) is 0 Å². The standard InChI is InChI=1S/C68H76IN4O.Cu/c1-63(2,3)43-29-40(30-44(35-43)64(4,5)6)59-52-24-23-50(70-52)58(39-19-21-49(69)22-20-39)51-27-28-55(72-51)61(42-33-47(67(13,14)15)37-48(34-42)68(16,17)18)62-57(74)38-56(73-62)60(54-26-25-53(59)71-54)41-31-45(65(7,8)9)36-46(32-41)66(10,11)12;/h19-38H,1-18H3,(H2-,70,71,72,73,74);/q-1;+2/p-1. The first kappa shape index (κ1) is 55.8. The monoisotopic (exact) mass is 1150 g/mol. The zero-order valence-electron chi connectivity index (χ0n) is 47.5. The van der Waals surface area contributed by atoms with E-state index in [1.165, 1.54) is 33.4 Å². The molecular weight excluding hydrogens is 1080 g/mol. The van der Waals surface area contributed by atoms with E-state index in [-0.39, 0.29) is 55.3 Å². The van der Waals surface area contributed by atoms with Crippen LogP contribution in [-0.4, -0.2) is 16.5 Å². The molecule has 0 saturated carbocycles. The number of hydrogen-bond donors (Lipinski definition) is 1. The number of carbonyl (C=O) groups is 1. The van der Waals surface area contributed by atoms with E-state index in [1.807, 2.05) is 0 Å². The molecule has 1 radical (unpaired) electrons. The molecule has 391 valence electrons. The smallest absolute Gasteiger partial charge is 0.657 e. The van der Waals surface area contributed by atoms with E-state index in [9.17, 15) is 0 Å². The van der Waals surface area contributed by atoms with Crippen LogP contribution in [0.5, 0.6) is 0 Å². The van der Waals surface area contributed by atoms with E-state index in [0.717, 1.165) is 70.3 Å². The molecule has 0 atom stereocenters. The summed E-state index contributed by atoms with van der Waals surface area (Å²) in [4.78, 5) is 30.6. The number of H-pyrrole nitrogens is 1. The third kappa shape index (κ3) is 11.3. The van der Waals surface area contributed by atoms with Crippen molar-refractivity contribution in [1.29, 1.82) is 0 Å². The van der Waals surface area contributed by atoms with Crippen LogP contribution in [0.1, 0.15) is 192 Å². The fourth-order valence-corrected chi connectivity index (χ4v) is 10.3. The van der Waals surface area contributed by atoms with E-state index in [4.69, 9.17) is 15.3 Å². The van der Waals surface area contributed by atoms with Crippen LogP contribution < -0.4 is 15.7 Å². The summed E-state index contributed by atoms with van der Waals surface area (Å²) in [5, 5.41) is 7.35. The molecule has 5 heterocycles. The third-order valence-corrected chi connectivity index (χ3v) is 15.5. The Kier molecular flexibility index (Phi) is 14.5. The minimum Gasteiger partial charge on any atom is -0.657 e. The average Bonchev–Trinajstić information content (AvgIpc) is 4.13. The van der Waals surface area contributed by atoms with E-state index >= 15 is 4.79 Å². The van der Waals surface area contributed by atoms with E-state index in [1.54, 1.807) is 6.08 Å². The van der Waals surface area contributed by atoms with Gasteiger partial charge in [0.05, 0.1) is 11.4 Å². The second kappa shape index (κ2) is 19.5. The Morgan fingerprint density at radius 2 is 0.827 bits per heavy atom. The number of halogens is 1. The fraction of sp³-hybridized carbons (Fsp3) is 0.353. The number of carbonyl (C=O) groups excluding carboxylic acids is 1. The molecule has 6 aromatic rings. The Bertz CT molecular complexity index is 3480. The minimum absolute atomic E-state index is 0. The van der Waals surface area contributed by atoms with Crippen molar-refractivity contribution in [3.05, 3.63) is 225 Å². The molecule has 1 N–H and O–H groups in total. The zero-order chi connectivity index (χ0) is 53.8. The number of allylic oxidation sites excluding steroid dienone is 5. The van der Waals surface area contributed by atoms with Crippen molar-refractivity contribution >= 4 is 56.4 Å². The summed E-state index contributed by atoms with van der Waals surface area (Å²) < 4.78 is 1.14. The Labute approximate surface area is 472 Å². The van der Waals surface area contributed by atoms with Gasteiger partial charge in [-0.1, -0.05) is 209 Å². The van der Waals surface area contributed by atoms with Gasteiger partial charge in [-0.25, -0.2) is 4.99 Å². The first-order valence-electron chi connectivity index (χ1n) is 26.3. The predicted molar refractivity (Wildman–Crippen MR) is 321 cm³/mol. The number of aromatic nitrogens is 2. The van der Waals surface area contributed by atoms with Crippen LogP contribution in [-0.2, 0) is 54.4 Å². The maximum atomic E-state index is 15.3. The summed E-state index contributed by atoms with van der Waals surface area (Å²) in [5.74, 6) is -0.153. The van der Waals surface area contributed by atoms with Crippen LogP contribution in [0.3, 0.4) is 0 Å². The molecule has 8 bridgehead atoms. The van der Waals surface area contributed by atoms with Gasteiger partial charge in [-0.05, 0) is 176 Å². The predicted octanol–water partition coefficient (Wildman–Crippen LogP) is 15.8. The van der Waals surface area contributed by atoms with Crippen molar-refractivity contribution in [2.24, 2.45) is 4.99 Å². The zero-order valence-corrected chi connectivity index (χ0v) is 50.6. The van der Waals surface area contributed by atoms with Crippen molar-refractivity contribution in [2.75, 3.05) is 0 Å². The quantitative estimate of drug-likeness (QED) is 0.141. The molecule has 0 spiro atoms. The molecule has 0 unspecified atom stereocenters. The molecule has 0 fully saturated rings. The summed E-state index contributed by atoms with van der Waals surface area (Å²) in [5.41, 5.74) is 18.0. The largest absolute Gasteiger partial charge is 2.00 e. The summed E-state index contributed by atoms with van der Waals surface area (Å²) in [6.07, 6.45) is 5.92. The molecule has 3 aliphatic heterocycles. The molecule has 4 aromatic carbocycles. The van der Waals surface area contributed by atoms with Crippen molar-refractivity contribution in [3.63, 3.8) is 0 Å². The number of ketones is 1. The molecule has 75 heavy (non-hydrogen) atoms. The van der Waals surface area contributed by atoms with Crippen molar-refractivity contribution in [2.45, 2.75) is 157 Å². The van der Waals surface area contributed by atoms with Crippen LogP contribution >= 0.6 is 22.6 Å². The van der Waals surface area contributed by atoms with Crippen molar-refractivity contribution in [3.8, 4) is 0 Å². The number of nitrogens with zero attached hydrogens (tertiary/aromatic N) is 3. The molecule has 5 nitrogen and oxygen atoms in total. The van der Waals surface area contributed by atoms with Gasteiger partial charge in [-0.2, -0.15) is 0 Å². The minimum atomic E-state index is -0.176. The van der Waals surface area contributed by atoms with Gasteiger partial charge < -0.3 is 15.3 Å². The van der Waals surface area contributed by atoms with Gasteiger partial charge in [0.25, 0.3) is 0 Å². The topological polar surface area (TPSA) is 73.4 Å². The van der Waals surface area contributed by atoms with Gasteiger partial charge in [0.15, 0.2) is 5.78 Å². The van der Waals surface area contributed by atoms with Gasteiger partial charge in [-0.3, -0.25) is 4.79 Å². The van der Waals surface area contributed by atoms with E-state index in [0.29, 0.717) is 22.7 Å². The van der Waals surface area contributed by atoms with Gasteiger partial charge in [0, 0.05) is 14.3 Å². The summed E-state index contributed by atoms with van der Waals surface area (Å²) in [6, 6.07) is 38.1. The molecule has 2 aromatic heterocycles. The molecule has 3 aliphatic rings. The van der Waals surface area contributed by atoms with Crippen molar-refractivity contribution < 1.29 is 21.9 Å². The van der Waals surface area contributed by atoms with Crippen LogP contribution in [0.15, 0.2) is 143 Å². The van der Waals surface area contributed by atoms with Crippen LogP contribution in [0.25, 0.3) is 27.6 Å². The van der Waals surface area contributed by atoms with Crippen LogP contribution in [0, 0.1) is 3.57 Å². The number of aromatic amines is 1. The normalized spacial score (nSPS) is 15.6. The first-order valence-corrected chi connectivity index (χ1v) is 27.4. The Morgan fingerprint density at radius 1 is 0.440 bits per heavy atom. The number of fused-ring (bicyclic) bond motifs is 7. The maximum absolute atomic E-state index is 15.3. The first-order chi connectivity index (χ1) is 34.2. The number of hydrogen-bond acceptors (Lipinski definition) is 2. The van der Waals surface area contributed by atoms with E-state index < -0.39 is 0 Å². The number of aliphatic imine (C=N–C) groups is 1. The SMILES string of the molecule is CC(C)(C)c1cc(C2=C3[N-]C(=CC3=O)C(c3cc(C(C)(C)C)cc(C(C)(C)C)c3)=c3ccc([nH]3)=C(c3cc(C(C)(C)C)cc(C(C)(C)C)c3)c3ccc([n-]3)C(c3ccc(I)cc3)=C3C=CC2=N3)cc(C(C)(C)C)c1.[Cu+2]. The molecule has 0 amide bonds. The summed E-state index contributed by atoms with van der Waals surface area (Å²) in [6.45, 7) is 40.8. The fourth-order valence-electron chi connectivity index (χ4n) is 9.92. The Balaban J connectivity index is 0.00000747.